The van der Waals surface area contributed by atoms with E-state index in [1.165, 1.54) is 19.3 Å². The number of hydrogen-bond donors (Lipinski definition) is 0. The van der Waals surface area contributed by atoms with E-state index in [4.69, 9.17) is 4.42 Å². The summed E-state index contributed by atoms with van der Waals surface area (Å²) in [5.74, 6) is 3.55. The molecule has 0 spiro atoms. The van der Waals surface area contributed by atoms with E-state index in [2.05, 4.69) is 28.9 Å². The van der Waals surface area contributed by atoms with Crippen molar-refractivity contribution in [1.29, 1.82) is 0 Å². The minimum atomic E-state index is 0.206. The molecule has 1 aliphatic carbocycles. The van der Waals surface area contributed by atoms with E-state index in [1.54, 1.807) is 0 Å². The second-order valence-electron chi connectivity index (χ2n) is 7.67. The van der Waals surface area contributed by atoms with Gasteiger partial charge in [0.05, 0.1) is 12.5 Å². The Morgan fingerprint density at radius 2 is 1.96 bits per heavy atom. The third kappa shape index (κ3) is 3.32. The van der Waals surface area contributed by atoms with Crippen molar-refractivity contribution >= 4 is 5.91 Å². The van der Waals surface area contributed by atoms with Crippen LogP contribution in [0.15, 0.2) is 16.5 Å². The Kier molecular flexibility index (Phi) is 4.18. The van der Waals surface area contributed by atoms with Crippen LogP contribution in [0.2, 0.25) is 0 Å². The van der Waals surface area contributed by atoms with Gasteiger partial charge >= 0.3 is 0 Å². The third-order valence-electron chi connectivity index (χ3n) is 5.61. The number of carbonyl (C=O) groups is 1. The van der Waals surface area contributed by atoms with Crippen molar-refractivity contribution in [2.75, 3.05) is 19.6 Å². The van der Waals surface area contributed by atoms with Crippen LogP contribution in [0.1, 0.15) is 50.5 Å². The summed E-state index contributed by atoms with van der Waals surface area (Å²) in [6.07, 6.45) is 7.01. The highest BCUT2D eigenvalue weighted by molar-refractivity contribution is 5.80. The summed E-state index contributed by atoms with van der Waals surface area (Å²) in [4.78, 5) is 17.4. The van der Waals surface area contributed by atoms with Gasteiger partial charge in [-0.25, -0.2) is 0 Å². The first kappa shape index (κ1) is 15.3. The van der Waals surface area contributed by atoms with E-state index in [0.717, 1.165) is 62.9 Å². The average molecular weight is 316 g/mol. The molecule has 5 rings (SSSR count). The maximum atomic E-state index is 12.7. The number of hydrogen-bond acceptors (Lipinski definition) is 3. The molecule has 4 aliphatic rings. The summed E-state index contributed by atoms with van der Waals surface area (Å²) in [5.41, 5.74) is 0. The van der Waals surface area contributed by atoms with Gasteiger partial charge in [0.2, 0.25) is 5.91 Å². The van der Waals surface area contributed by atoms with Crippen LogP contribution in [0.4, 0.5) is 0 Å². The minimum Gasteiger partial charge on any atom is -0.465 e. The van der Waals surface area contributed by atoms with Gasteiger partial charge in [0.1, 0.15) is 11.5 Å². The van der Waals surface area contributed by atoms with E-state index >= 15 is 0 Å². The van der Waals surface area contributed by atoms with Crippen LogP contribution in [-0.2, 0) is 17.8 Å². The zero-order valence-corrected chi connectivity index (χ0v) is 14.2. The van der Waals surface area contributed by atoms with E-state index in [0.29, 0.717) is 11.9 Å². The van der Waals surface area contributed by atoms with Crippen LogP contribution in [0.5, 0.6) is 0 Å². The molecule has 2 bridgehead atoms. The predicted molar refractivity (Wildman–Crippen MR) is 88.9 cm³/mol. The number of furan rings is 1. The summed E-state index contributed by atoms with van der Waals surface area (Å²) >= 11 is 0. The van der Waals surface area contributed by atoms with E-state index < -0.39 is 0 Å². The van der Waals surface area contributed by atoms with Gasteiger partial charge in [-0.1, -0.05) is 6.92 Å². The largest absolute Gasteiger partial charge is 0.465 e. The first-order valence-electron chi connectivity index (χ1n) is 9.33. The van der Waals surface area contributed by atoms with Crippen LogP contribution >= 0.6 is 0 Å². The zero-order chi connectivity index (χ0) is 15.8. The lowest BCUT2D eigenvalue weighted by molar-refractivity contribution is -0.140. The maximum absolute atomic E-state index is 12.7. The molecule has 3 saturated heterocycles. The lowest BCUT2D eigenvalue weighted by atomic mass is 9.94. The average Bonchev–Trinajstić information content (AvgIpc) is 3.29. The first-order chi connectivity index (χ1) is 11.2. The van der Waals surface area contributed by atoms with Gasteiger partial charge in [0, 0.05) is 32.1 Å². The van der Waals surface area contributed by atoms with Crippen molar-refractivity contribution in [1.82, 2.24) is 9.80 Å². The quantitative estimate of drug-likeness (QED) is 0.809. The zero-order valence-electron chi connectivity index (χ0n) is 14.2. The second kappa shape index (κ2) is 6.31. The monoisotopic (exact) mass is 316 g/mol. The number of piperidine rings is 1. The molecule has 126 valence electrons. The molecule has 1 amide bonds. The fraction of sp³-hybridized carbons (Fsp3) is 0.737. The number of nitrogens with zero attached hydrogens (tertiary/aromatic N) is 2. The highest BCUT2D eigenvalue weighted by atomic mass is 16.3. The molecule has 4 fully saturated rings. The fourth-order valence-corrected chi connectivity index (χ4v) is 4.19. The van der Waals surface area contributed by atoms with Crippen molar-refractivity contribution < 1.29 is 9.21 Å². The molecule has 1 aromatic rings. The van der Waals surface area contributed by atoms with Gasteiger partial charge in [-0.2, -0.15) is 0 Å². The van der Waals surface area contributed by atoms with E-state index in [9.17, 15) is 4.79 Å². The molecule has 0 radical (unpaired) electrons. The van der Waals surface area contributed by atoms with Gasteiger partial charge in [0.25, 0.3) is 0 Å². The third-order valence-corrected chi connectivity index (χ3v) is 5.61. The van der Waals surface area contributed by atoms with Gasteiger partial charge in [0.15, 0.2) is 0 Å². The topological polar surface area (TPSA) is 36.7 Å². The Labute approximate surface area is 138 Å². The molecule has 3 aliphatic heterocycles. The Morgan fingerprint density at radius 3 is 2.74 bits per heavy atom. The lowest BCUT2D eigenvalue weighted by Crippen LogP contribution is -2.48. The molecule has 4 nitrogen and oxygen atoms in total. The molecular weight excluding hydrogens is 288 g/mol. The summed E-state index contributed by atoms with van der Waals surface area (Å²) in [5, 5.41) is 0. The Balaban J connectivity index is 1.43. The normalized spacial score (nSPS) is 28.4. The van der Waals surface area contributed by atoms with E-state index in [-0.39, 0.29) is 5.92 Å². The first-order valence-corrected chi connectivity index (χ1v) is 9.33. The molecule has 2 atom stereocenters. The van der Waals surface area contributed by atoms with E-state index in [1.807, 2.05) is 0 Å². The van der Waals surface area contributed by atoms with Crippen molar-refractivity contribution in [3.05, 3.63) is 23.7 Å². The van der Waals surface area contributed by atoms with Crippen molar-refractivity contribution in [3.63, 3.8) is 0 Å². The number of amides is 1. The van der Waals surface area contributed by atoms with Crippen molar-refractivity contribution in [3.8, 4) is 0 Å². The molecule has 4 heterocycles. The van der Waals surface area contributed by atoms with Crippen LogP contribution in [-0.4, -0.2) is 41.4 Å². The van der Waals surface area contributed by atoms with Crippen LogP contribution in [0.3, 0.4) is 0 Å². The van der Waals surface area contributed by atoms with Gasteiger partial charge in [-0.15, -0.1) is 0 Å². The molecule has 23 heavy (non-hydrogen) atoms. The molecule has 4 heteroatoms. The van der Waals surface area contributed by atoms with Crippen LogP contribution < -0.4 is 0 Å². The summed E-state index contributed by atoms with van der Waals surface area (Å²) < 4.78 is 5.95. The highest BCUT2D eigenvalue weighted by Gasteiger charge is 2.42. The smallest absolute Gasteiger partial charge is 0.227 e. The number of fused-ring (bicyclic) bond motifs is 4. The molecule has 1 aromatic heterocycles. The Bertz CT molecular complexity index is 563. The molecule has 0 N–H and O–H groups in total. The number of aryl methyl sites for hydroxylation is 1. The summed E-state index contributed by atoms with van der Waals surface area (Å²) in [6.45, 7) is 5.95. The highest BCUT2D eigenvalue weighted by Crippen LogP contribution is 2.35. The Morgan fingerprint density at radius 1 is 1.13 bits per heavy atom. The van der Waals surface area contributed by atoms with Crippen LogP contribution in [0, 0.1) is 11.8 Å². The molecule has 0 aromatic carbocycles. The van der Waals surface area contributed by atoms with Crippen LogP contribution in [0.25, 0.3) is 0 Å². The number of carbonyl (C=O) groups excluding carboxylic acids is 1. The van der Waals surface area contributed by atoms with Crippen molar-refractivity contribution in [2.24, 2.45) is 11.8 Å². The lowest BCUT2D eigenvalue weighted by Gasteiger charge is -2.36. The summed E-state index contributed by atoms with van der Waals surface area (Å²) in [7, 11) is 0. The van der Waals surface area contributed by atoms with Gasteiger partial charge in [-0.3, -0.25) is 9.69 Å². The number of rotatable bonds is 6. The molecule has 1 saturated carbocycles. The minimum absolute atomic E-state index is 0.206. The maximum Gasteiger partial charge on any atom is 0.227 e. The standard InChI is InChI=1S/C19H28N2O2/c1-2-3-17-8-9-18(23-17)13-20-11-15-6-7-16(12-20)21(19(15)22)10-14-4-5-14/h8-9,14-16H,2-7,10-13H2,1H3. The van der Waals surface area contributed by atoms with Crippen molar-refractivity contribution in [2.45, 2.75) is 58.0 Å². The van der Waals surface area contributed by atoms with Gasteiger partial charge in [-0.05, 0) is 50.2 Å². The second-order valence-corrected chi connectivity index (χ2v) is 7.67. The summed E-state index contributed by atoms with van der Waals surface area (Å²) in [6, 6.07) is 4.64. The fourth-order valence-electron chi connectivity index (χ4n) is 4.19. The van der Waals surface area contributed by atoms with Gasteiger partial charge < -0.3 is 9.32 Å². The molecular formula is C19H28N2O2. The SMILES string of the molecule is CCCc1ccc(CN2CC3CCC(C2)N(CC2CC2)C3=O)o1. The molecule has 2 unspecified atom stereocenters. The Hall–Kier alpha value is -1.29. The predicted octanol–water partition coefficient (Wildman–Crippen LogP) is 3.06.